The number of nitrogens with one attached hydrogen (secondary N) is 1. The second kappa shape index (κ2) is 7.01. The van der Waals surface area contributed by atoms with Crippen LogP contribution in [0.15, 0.2) is 42.6 Å². The minimum absolute atomic E-state index is 0.0617. The van der Waals surface area contributed by atoms with E-state index >= 15 is 0 Å². The van der Waals surface area contributed by atoms with Gasteiger partial charge in [0.25, 0.3) is 0 Å². The topological polar surface area (TPSA) is 61.9 Å². The second-order valence-electron chi connectivity index (χ2n) is 5.79. The number of carbonyl (C=O) groups excluding carboxylic acids is 1. The van der Waals surface area contributed by atoms with Crippen molar-refractivity contribution >= 4 is 28.5 Å². The SMILES string of the molecule is C[C@H](c1nc2ccc(Cl)cc2[nH]1)N(C)C(=O)CCc1ccccn1. The highest BCUT2D eigenvalue weighted by molar-refractivity contribution is 6.31. The molecule has 0 aliphatic heterocycles. The van der Waals surface area contributed by atoms with Crippen LogP contribution >= 0.6 is 11.6 Å². The number of fused-ring (bicyclic) bond motifs is 1. The average Bonchev–Trinajstić information content (AvgIpc) is 3.02. The standard InChI is InChI=1S/C18H19ClN4O/c1-12(18-21-15-8-6-13(19)11-16(15)22-18)23(2)17(24)9-7-14-5-3-4-10-20-14/h3-6,8,10-12H,7,9H2,1-2H3,(H,21,22)/t12-/m1/s1. The Kier molecular flexibility index (Phi) is 4.81. The third-order valence-electron chi connectivity index (χ3n) is 4.15. The van der Waals surface area contributed by atoms with Gasteiger partial charge in [-0.15, -0.1) is 0 Å². The molecule has 0 radical (unpaired) electrons. The van der Waals surface area contributed by atoms with Gasteiger partial charge in [-0.3, -0.25) is 9.78 Å². The molecule has 1 atom stereocenters. The molecule has 0 aliphatic carbocycles. The number of nitrogens with zero attached hydrogens (tertiary/aromatic N) is 3. The van der Waals surface area contributed by atoms with E-state index in [0.29, 0.717) is 17.9 Å². The van der Waals surface area contributed by atoms with Gasteiger partial charge in [0, 0.05) is 30.4 Å². The van der Waals surface area contributed by atoms with Gasteiger partial charge in [0.15, 0.2) is 0 Å². The van der Waals surface area contributed by atoms with Crippen molar-refractivity contribution in [2.24, 2.45) is 0 Å². The van der Waals surface area contributed by atoms with Crippen molar-refractivity contribution in [2.75, 3.05) is 7.05 Å². The second-order valence-corrected chi connectivity index (χ2v) is 6.22. The summed E-state index contributed by atoms with van der Waals surface area (Å²) in [7, 11) is 1.80. The number of carbonyl (C=O) groups is 1. The summed E-state index contributed by atoms with van der Waals surface area (Å²) in [6.07, 6.45) is 2.79. The van der Waals surface area contributed by atoms with Crippen LogP contribution in [0.4, 0.5) is 0 Å². The summed E-state index contributed by atoms with van der Waals surface area (Å²) in [5.74, 6) is 0.813. The zero-order chi connectivity index (χ0) is 17.1. The highest BCUT2D eigenvalue weighted by Gasteiger charge is 2.20. The molecular formula is C18H19ClN4O. The predicted octanol–water partition coefficient (Wildman–Crippen LogP) is 3.76. The Morgan fingerprint density at radius 1 is 1.33 bits per heavy atom. The Bertz CT molecular complexity index is 847. The van der Waals surface area contributed by atoms with Gasteiger partial charge in [-0.25, -0.2) is 4.98 Å². The Hall–Kier alpha value is -2.40. The fraction of sp³-hybridized carbons (Fsp3) is 0.278. The largest absolute Gasteiger partial charge is 0.340 e. The fourth-order valence-corrected chi connectivity index (χ4v) is 2.73. The quantitative estimate of drug-likeness (QED) is 0.767. The summed E-state index contributed by atoms with van der Waals surface area (Å²) in [6.45, 7) is 1.96. The van der Waals surface area contributed by atoms with Gasteiger partial charge in [-0.2, -0.15) is 0 Å². The molecule has 0 aliphatic rings. The maximum atomic E-state index is 12.4. The molecular weight excluding hydrogens is 324 g/mol. The Morgan fingerprint density at radius 2 is 2.17 bits per heavy atom. The lowest BCUT2D eigenvalue weighted by Crippen LogP contribution is -2.30. The van der Waals surface area contributed by atoms with Crippen LogP contribution in [0.25, 0.3) is 11.0 Å². The van der Waals surface area contributed by atoms with Crippen LogP contribution in [0.2, 0.25) is 5.02 Å². The highest BCUT2D eigenvalue weighted by Crippen LogP contribution is 2.22. The molecule has 3 rings (SSSR count). The molecule has 6 heteroatoms. The minimum atomic E-state index is -0.146. The molecule has 0 saturated carbocycles. The van der Waals surface area contributed by atoms with E-state index in [9.17, 15) is 4.79 Å². The van der Waals surface area contributed by atoms with Crippen molar-refractivity contribution in [1.29, 1.82) is 0 Å². The number of halogens is 1. The maximum Gasteiger partial charge on any atom is 0.223 e. The normalized spacial score (nSPS) is 12.3. The molecule has 1 N–H and O–H groups in total. The van der Waals surface area contributed by atoms with Crippen molar-refractivity contribution in [2.45, 2.75) is 25.8 Å². The summed E-state index contributed by atoms with van der Waals surface area (Å²) < 4.78 is 0. The number of hydrogen-bond acceptors (Lipinski definition) is 3. The molecule has 0 fully saturated rings. The number of H-pyrrole nitrogens is 1. The molecule has 2 heterocycles. The van der Waals surface area contributed by atoms with E-state index in [2.05, 4.69) is 15.0 Å². The molecule has 0 unspecified atom stereocenters. The van der Waals surface area contributed by atoms with Gasteiger partial charge >= 0.3 is 0 Å². The minimum Gasteiger partial charge on any atom is -0.340 e. The van der Waals surface area contributed by atoms with E-state index in [-0.39, 0.29) is 11.9 Å². The van der Waals surface area contributed by atoms with E-state index < -0.39 is 0 Å². The van der Waals surface area contributed by atoms with Crippen LogP contribution in [0, 0.1) is 0 Å². The Morgan fingerprint density at radius 3 is 2.92 bits per heavy atom. The summed E-state index contributed by atoms with van der Waals surface area (Å²) in [4.78, 5) is 26.2. The van der Waals surface area contributed by atoms with Crippen molar-refractivity contribution in [3.8, 4) is 0 Å². The lowest BCUT2D eigenvalue weighted by molar-refractivity contribution is -0.131. The molecule has 3 aromatic rings. The molecule has 1 aromatic carbocycles. The first-order valence-corrected chi connectivity index (χ1v) is 8.23. The van der Waals surface area contributed by atoms with Crippen LogP contribution in [0.1, 0.15) is 30.9 Å². The van der Waals surface area contributed by atoms with E-state index in [1.54, 1.807) is 24.2 Å². The molecule has 0 bridgehead atoms. The number of benzene rings is 1. The van der Waals surface area contributed by atoms with Crippen molar-refractivity contribution in [1.82, 2.24) is 19.9 Å². The lowest BCUT2D eigenvalue weighted by atomic mass is 10.2. The molecule has 24 heavy (non-hydrogen) atoms. The molecule has 1 amide bonds. The summed E-state index contributed by atoms with van der Waals surface area (Å²) >= 11 is 6.00. The van der Waals surface area contributed by atoms with Crippen molar-refractivity contribution in [3.63, 3.8) is 0 Å². The third-order valence-corrected chi connectivity index (χ3v) is 4.39. The lowest BCUT2D eigenvalue weighted by Gasteiger charge is -2.23. The molecule has 0 saturated heterocycles. The highest BCUT2D eigenvalue weighted by atomic mass is 35.5. The summed E-state index contributed by atoms with van der Waals surface area (Å²) in [5.41, 5.74) is 2.64. The van der Waals surface area contributed by atoms with Crippen LogP contribution in [0.5, 0.6) is 0 Å². The average molecular weight is 343 g/mol. The van der Waals surface area contributed by atoms with Gasteiger partial charge in [-0.1, -0.05) is 17.7 Å². The van der Waals surface area contributed by atoms with Gasteiger partial charge in [0.1, 0.15) is 5.82 Å². The fourth-order valence-electron chi connectivity index (χ4n) is 2.56. The molecule has 2 aromatic heterocycles. The van der Waals surface area contributed by atoms with E-state index in [1.165, 1.54) is 0 Å². The maximum absolute atomic E-state index is 12.4. The van der Waals surface area contributed by atoms with Crippen LogP contribution in [-0.4, -0.2) is 32.8 Å². The van der Waals surface area contributed by atoms with E-state index in [1.807, 2.05) is 37.3 Å². The van der Waals surface area contributed by atoms with Gasteiger partial charge in [0.2, 0.25) is 5.91 Å². The number of hydrogen-bond donors (Lipinski definition) is 1. The third kappa shape index (κ3) is 3.57. The van der Waals surface area contributed by atoms with Gasteiger partial charge in [0.05, 0.1) is 17.1 Å². The summed E-state index contributed by atoms with van der Waals surface area (Å²) in [5, 5.41) is 0.658. The molecule has 124 valence electrons. The number of imidazole rings is 1. The number of rotatable bonds is 5. The van der Waals surface area contributed by atoms with Crippen LogP contribution < -0.4 is 0 Å². The smallest absolute Gasteiger partial charge is 0.223 e. The van der Waals surface area contributed by atoms with Gasteiger partial charge in [-0.05, 0) is 43.7 Å². The predicted molar refractivity (Wildman–Crippen MR) is 94.8 cm³/mol. The molecule has 0 spiro atoms. The van der Waals surface area contributed by atoms with Gasteiger partial charge < -0.3 is 9.88 Å². The van der Waals surface area contributed by atoms with E-state index in [0.717, 1.165) is 22.6 Å². The van der Waals surface area contributed by atoms with Crippen molar-refractivity contribution < 1.29 is 4.79 Å². The Balaban J connectivity index is 1.68. The van der Waals surface area contributed by atoms with E-state index in [4.69, 9.17) is 11.6 Å². The number of aromatic nitrogens is 3. The summed E-state index contributed by atoms with van der Waals surface area (Å²) in [6, 6.07) is 11.1. The first-order valence-electron chi connectivity index (χ1n) is 7.85. The first kappa shape index (κ1) is 16.5. The van der Waals surface area contributed by atoms with Crippen LogP contribution in [0.3, 0.4) is 0 Å². The van der Waals surface area contributed by atoms with Crippen LogP contribution in [-0.2, 0) is 11.2 Å². The zero-order valence-corrected chi connectivity index (χ0v) is 14.4. The zero-order valence-electron chi connectivity index (χ0n) is 13.7. The monoisotopic (exact) mass is 342 g/mol. The number of aromatic amines is 1. The number of aryl methyl sites for hydroxylation is 1. The Labute approximate surface area is 145 Å². The number of pyridine rings is 1. The molecule has 5 nitrogen and oxygen atoms in total. The van der Waals surface area contributed by atoms with Crippen molar-refractivity contribution in [3.05, 3.63) is 59.1 Å². The first-order chi connectivity index (χ1) is 11.5. The number of amides is 1.